The minimum Gasteiger partial charge on any atom is -0.354 e. The fourth-order valence-electron chi connectivity index (χ4n) is 4.91. The standard InChI is InChI=1S/C28H34N6O/c1-32-15-17-34(18-16-32)27-19-25(24-9-5-6-10-26(24)30-27)28(35)31-29-20-22-11-13-33(14-12-22)21-23-7-3-2-4-8-23/h2-10,19-20,22H,11-18,21H2,1H3,(H,31,35)/b29-20+. The Morgan fingerprint density at radius 2 is 1.71 bits per heavy atom. The molecule has 182 valence electrons. The first-order chi connectivity index (χ1) is 17.2. The van der Waals surface area contributed by atoms with Crippen molar-refractivity contribution >= 4 is 28.8 Å². The molecule has 2 aliphatic heterocycles. The number of hydrazone groups is 1. The van der Waals surface area contributed by atoms with E-state index in [0.29, 0.717) is 11.5 Å². The number of hydrogen-bond acceptors (Lipinski definition) is 6. The minimum atomic E-state index is -0.184. The van der Waals surface area contributed by atoms with E-state index in [2.05, 4.69) is 62.6 Å². The molecule has 1 aromatic heterocycles. The lowest BCUT2D eigenvalue weighted by molar-refractivity contribution is 0.0956. The van der Waals surface area contributed by atoms with Crippen LogP contribution >= 0.6 is 0 Å². The molecule has 0 radical (unpaired) electrons. The second kappa shape index (κ2) is 11.0. The summed E-state index contributed by atoms with van der Waals surface area (Å²) in [4.78, 5) is 25.1. The summed E-state index contributed by atoms with van der Waals surface area (Å²) < 4.78 is 0. The summed E-state index contributed by atoms with van der Waals surface area (Å²) in [7, 11) is 2.13. The molecule has 5 rings (SSSR count). The molecule has 1 N–H and O–H groups in total. The van der Waals surface area contributed by atoms with Crippen LogP contribution in [0.25, 0.3) is 10.9 Å². The number of nitrogens with zero attached hydrogens (tertiary/aromatic N) is 5. The molecule has 0 spiro atoms. The van der Waals surface area contributed by atoms with Crippen LogP contribution in [0.15, 0.2) is 65.8 Å². The highest BCUT2D eigenvalue weighted by Gasteiger charge is 2.20. The maximum absolute atomic E-state index is 13.2. The Bertz CT molecular complexity index is 1160. The van der Waals surface area contributed by atoms with Gasteiger partial charge in [0, 0.05) is 44.3 Å². The van der Waals surface area contributed by atoms with Crippen molar-refractivity contribution in [2.75, 3.05) is 51.2 Å². The molecular weight excluding hydrogens is 436 g/mol. The average molecular weight is 471 g/mol. The summed E-state index contributed by atoms with van der Waals surface area (Å²) in [5, 5.41) is 5.21. The van der Waals surface area contributed by atoms with Crippen molar-refractivity contribution in [2.45, 2.75) is 19.4 Å². The van der Waals surface area contributed by atoms with Crippen LogP contribution in [0, 0.1) is 5.92 Å². The maximum atomic E-state index is 13.2. The van der Waals surface area contributed by atoms with E-state index in [1.807, 2.05) is 36.5 Å². The molecule has 0 atom stereocenters. The number of carbonyl (C=O) groups is 1. The quantitative estimate of drug-likeness (QED) is 0.440. The second-order valence-electron chi connectivity index (χ2n) is 9.65. The van der Waals surface area contributed by atoms with Crippen LogP contribution in [0.1, 0.15) is 28.8 Å². The van der Waals surface area contributed by atoms with Crippen molar-refractivity contribution in [1.82, 2.24) is 20.2 Å². The first kappa shape index (κ1) is 23.5. The zero-order valence-corrected chi connectivity index (χ0v) is 20.4. The third kappa shape index (κ3) is 5.86. The Balaban J connectivity index is 1.21. The maximum Gasteiger partial charge on any atom is 0.272 e. The Labute approximate surface area is 207 Å². The number of carbonyl (C=O) groups excluding carboxylic acids is 1. The molecule has 3 aromatic rings. The van der Waals surface area contributed by atoms with Gasteiger partial charge in [0.25, 0.3) is 5.91 Å². The number of hydrogen-bond donors (Lipinski definition) is 1. The highest BCUT2D eigenvalue weighted by Crippen LogP contribution is 2.24. The van der Waals surface area contributed by atoms with Crippen LogP contribution in [-0.4, -0.2) is 73.2 Å². The van der Waals surface area contributed by atoms with Gasteiger partial charge in [-0.05, 0) is 56.6 Å². The molecule has 1 amide bonds. The number of likely N-dealkylation sites (tertiary alicyclic amines) is 1. The average Bonchev–Trinajstić information content (AvgIpc) is 2.90. The van der Waals surface area contributed by atoms with Crippen LogP contribution in [0.4, 0.5) is 5.82 Å². The Hall–Kier alpha value is -3.29. The van der Waals surface area contributed by atoms with Gasteiger partial charge < -0.3 is 9.80 Å². The van der Waals surface area contributed by atoms with Gasteiger partial charge in [-0.15, -0.1) is 0 Å². The van der Waals surface area contributed by atoms with Gasteiger partial charge in [-0.3, -0.25) is 9.69 Å². The largest absolute Gasteiger partial charge is 0.354 e. The number of likely N-dealkylation sites (N-methyl/N-ethyl adjacent to an activating group) is 1. The van der Waals surface area contributed by atoms with Gasteiger partial charge in [0.2, 0.25) is 0 Å². The fraction of sp³-hybridized carbons (Fsp3) is 0.393. The van der Waals surface area contributed by atoms with Crippen molar-refractivity contribution in [3.05, 3.63) is 71.8 Å². The van der Waals surface area contributed by atoms with E-state index in [4.69, 9.17) is 4.98 Å². The lowest BCUT2D eigenvalue weighted by Gasteiger charge is -2.33. The van der Waals surface area contributed by atoms with E-state index in [9.17, 15) is 4.79 Å². The molecule has 7 heteroatoms. The van der Waals surface area contributed by atoms with E-state index in [1.54, 1.807) is 0 Å². The normalized spacial score (nSPS) is 18.4. The zero-order valence-electron chi connectivity index (χ0n) is 20.4. The minimum absolute atomic E-state index is 0.184. The molecule has 35 heavy (non-hydrogen) atoms. The summed E-state index contributed by atoms with van der Waals surface area (Å²) in [6.45, 7) is 6.88. The number of benzene rings is 2. The van der Waals surface area contributed by atoms with Crippen LogP contribution in [0.5, 0.6) is 0 Å². The predicted molar refractivity (Wildman–Crippen MR) is 142 cm³/mol. The highest BCUT2D eigenvalue weighted by molar-refractivity contribution is 6.07. The number of piperidine rings is 1. The molecule has 2 aromatic carbocycles. The van der Waals surface area contributed by atoms with E-state index in [-0.39, 0.29) is 5.91 Å². The first-order valence-electron chi connectivity index (χ1n) is 12.6. The first-order valence-corrected chi connectivity index (χ1v) is 12.6. The smallest absolute Gasteiger partial charge is 0.272 e. The van der Waals surface area contributed by atoms with E-state index in [0.717, 1.165) is 75.4 Å². The van der Waals surface area contributed by atoms with Gasteiger partial charge in [0.05, 0.1) is 11.1 Å². The molecule has 0 unspecified atom stereocenters. The number of piperazine rings is 1. The summed E-state index contributed by atoms with van der Waals surface area (Å²) >= 11 is 0. The number of nitrogens with one attached hydrogen (secondary N) is 1. The van der Waals surface area contributed by atoms with E-state index in [1.165, 1.54) is 5.56 Å². The molecular formula is C28H34N6O. The third-order valence-electron chi connectivity index (χ3n) is 7.11. The van der Waals surface area contributed by atoms with Gasteiger partial charge >= 0.3 is 0 Å². The van der Waals surface area contributed by atoms with Crippen molar-refractivity contribution < 1.29 is 4.79 Å². The van der Waals surface area contributed by atoms with Gasteiger partial charge in [-0.1, -0.05) is 48.5 Å². The van der Waals surface area contributed by atoms with Gasteiger partial charge in [-0.2, -0.15) is 5.10 Å². The molecule has 2 saturated heterocycles. The molecule has 0 aliphatic carbocycles. The number of aromatic nitrogens is 1. The topological polar surface area (TPSA) is 64.1 Å². The van der Waals surface area contributed by atoms with Crippen molar-refractivity contribution in [2.24, 2.45) is 11.0 Å². The van der Waals surface area contributed by atoms with Gasteiger partial charge in [0.1, 0.15) is 5.82 Å². The number of para-hydroxylation sites is 1. The predicted octanol–water partition coefficient (Wildman–Crippen LogP) is 3.61. The Kier molecular flexibility index (Phi) is 7.35. The number of fused-ring (bicyclic) bond motifs is 1. The number of amides is 1. The van der Waals surface area contributed by atoms with Crippen molar-refractivity contribution in [1.29, 1.82) is 0 Å². The molecule has 7 nitrogen and oxygen atoms in total. The monoisotopic (exact) mass is 470 g/mol. The highest BCUT2D eigenvalue weighted by atomic mass is 16.2. The van der Waals surface area contributed by atoms with E-state index < -0.39 is 0 Å². The summed E-state index contributed by atoms with van der Waals surface area (Å²) in [5.74, 6) is 1.06. The van der Waals surface area contributed by atoms with Crippen LogP contribution < -0.4 is 10.3 Å². The number of anilines is 1. The summed E-state index contributed by atoms with van der Waals surface area (Å²) in [5.41, 5.74) is 5.60. The third-order valence-corrected chi connectivity index (χ3v) is 7.11. The number of rotatable bonds is 6. The van der Waals surface area contributed by atoms with Crippen LogP contribution in [0.3, 0.4) is 0 Å². The zero-order chi connectivity index (χ0) is 24.0. The van der Waals surface area contributed by atoms with Crippen molar-refractivity contribution in [3.63, 3.8) is 0 Å². The lowest BCUT2D eigenvalue weighted by Crippen LogP contribution is -2.44. The Morgan fingerprint density at radius 1 is 1.00 bits per heavy atom. The van der Waals surface area contributed by atoms with Gasteiger partial charge in [-0.25, -0.2) is 10.4 Å². The lowest BCUT2D eigenvalue weighted by atomic mass is 9.98. The molecule has 0 saturated carbocycles. The molecule has 2 fully saturated rings. The second-order valence-corrected chi connectivity index (χ2v) is 9.65. The van der Waals surface area contributed by atoms with Crippen molar-refractivity contribution in [3.8, 4) is 0 Å². The molecule has 2 aliphatic rings. The summed E-state index contributed by atoms with van der Waals surface area (Å²) in [6.07, 6.45) is 4.03. The number of pyridine rings is 1. The molecule has 3 heterocycles. The Morgan fingerprint density at radius 3 is 2.49 bits per heavy atom. The SMILES string of the molecule is CN1CCN(c2cc(C(=O)N/N=C/C3CCN(Cc4ccccc4)CC3)c3ccccc3n2)CC1. The summed E-state index contributed by atoms with van der Waals surface area (Å²) in [6, 6.07) is 20.4. The fourth-order valence-corrected chi connectivity index (χ4v) is 4.91. The van der Waals surface area contributed by atoms with Crippen LogP contribution in [-0.2, 0) is 6.54 Å². The molecule has 0 bridgehead atoms. The van der Waals surface area contributed by atoms with E-state index >= 15 is 0 Å². The van der Waals surface area contributed by atoms with Crippen LogP contribution in [0.2, 0.25) is 0 Å². The van der Waals surface area contributed by atoms with Gasteiger partial charge in [0.15, 0.2) is 0 Å².